The van der Waals surface area contributed by atoms with Gasteiger partial charge in [0.15, 0.2) is 5.78 Å². The lowest BCUT2D eigenvalue weighted by Gasteiger charge is -2.35. The van der Waals surface area contributed by atoms with Crippen molar-refractivity contribution in [3.63, 3.8) is 0 Å². The number of rotatable bonds is 8. The Labute approximate surface area is 176 Å². The molecular formula is C21H21F3N2O5. The van der Waals surface area contributed by atoms with Crippen LogP contribution in [0, 0.1) is 0 Å². The highest BCUT2D eigenvalue weighted by Crippen LogP contribution is 2.34. The molecule has 166 valence electrons. The predicted octanol–water partition coefficient (Wildman–Crippen LogP) is 3.56. The standard InChI is InChI=1S/C21H21F3N2O5/c1-4-31-19(29)20(21(22,23)24,25-15-11-9-14(10-12-15)13(2)27)26-18(28)16-7-5-6-8-17(16)30-3/h5-12,25H,4H2,1-3H3,(H,26,28)/t20-/m0/s1. The Morgan fingerprint density at radius 3 is 2.13 bits per heavy atom. The van der Waals surface area contributed by atoms with Gasteiger partial charge in [0.2, 0.25) is 0 Å². The minimum Gasteiger partial charge on any atom is -0.496 e. The van der Waals surface area contributed by atoms with Gasteiger partial charge in [0, 0.05) is 11.3 Å². The van der Waals surface area contributed by atoms with Crippen LogP contribution in [0.3, 0.4) is 0 Å². The largest absolute Gasteiger partial charge is 0.496 e. The maximum absolute atomic E-state index is 14.2. The molecule has 2 aromatic rings. The van der Waals surface area contributed by atoms with E-state index >= 15 is 0 Å². The number of amides is 1. The number of Topliss-reactive ketones (excluding diaryl/α,β-unsaturated/α-hetero) is 1. The lowest BCUT2D eigenvalue weighted by Crippen LogP contribution is -2.69. The molecule has 1 amide bonds. The molecule has 0 bridgehead atoms. The highest BCUT2D eigenvalue weighted by molar-refractivity contribution is 6.01. The third-order valence-electron chi connectivity index (χ3n) is 4.28. The van der Waals surface area contributed by atoms with Gasteiger partial charge in [-0.15, -0.1) is 0 Å². The summed E-state index contributed by atoms with van der Waals surface area (Å²) in [5.41, 5.74) is -3.72. The minimum atomic E-state index is -5.30. The molecule has 0 radical (unpaired) electrons. The molecule has 0 aliphatic rings. The Balaban J connectivity index is 2.53. The molecule has 31 heavy (non-hydrogen) atoms. The summed E-state index contributed by atoms with van der Waals surface area (Å²) < 4.78 is 52.4. The van der Waals surface area contributed by atoms with Crippen LogP contribution in [0.1, 0.15) is 34.6 Å². The molecule has 0 spiro atoms. The number of ether oxygens (including phenoxy) is 2. The highest BCUT2D eigenvalue weighted by Gasteiger charge is 2.63. The third kappa shape index (κ3) is 5.14. The van der Waals surface area contributed by atoms with E-state index in [1.165, 1.54) is 69.5 Å². The smallest absolute Gasteiger partial charge is 0.441 e. The van der Waals surface area contributed by atoms with E-state index in [2.05, 4.69) is 4.74 Å². The molecular weight excluding hydrogens is 417 g/mol. The summed E-state index contributed by atoms with van der Waals surface area (Å²) in [5, 5.41) is 3.77. The number of anilines is 1. The Hall–Kier alpha value is -3.56. The van der Waals surface area contributed by atoms with Gasteiger partial charge in [-0.25, -0.2) is 4.79 Å². The highest BCUT2D eigenvalue weighted by atomic mass is 19.4. The van der Waals surface area contributed by atoms with Crippen LogP contribution in [-0.4, -0.2) is 43.2 Å². The fourth-order valence-corrected chi connectivity index (χ4v) is 2.70. The molecule has 7 nitrogen and oxygen atoms in total. The monoisotopic (exact) mass is 438 g/mol. The predicted molar refractivity (Wildman–Crippen MR) is 106 cm³/mol. The molecule has 0 aliphatic heterocycles. The summed E-state index contributed by atoms with van der Waals surface area (Å²) in [4.78, 5) is 36.7. The number of carbonyl (C=O) groups is 3. The van der Waals surface area contributed by atoms with E-state index < -0.39 is 23.7 Å². The molecule has 0 saturated carbocycles. The van der Waals surface area contributed by atoms with Crippen molar-refractivity contribution in [2.75, 3.05) is 19.0 Å². The molecule has 2 N–H and O–H groups in total. The van der Waals surface area contributed by atoms with Gasteiger partial charge >= 0.3 is 17.8 Å². The lowest BCUT2D eigenvalue weighted by molar-refractivity contribution is -0.204. The van der Waals surface area contributed by atoms with Gasteiger partial charge in [-0.05, 0) is 50.2 Å². The average molecular weight is 438 g/mol. The summed E-state index contributed by atoms with van der Waals surface area (Å²) in [5.74, 6) is -3.23. The van der Waals surface area contributed by atoms with Crippen molar-refractivity contribution in [2.45, 2.75) is 25.7 Å². The molecule has 10 heteroatoms. The number of nitrogens with one attached hydrogen (secondary N) is 2. The number of esters is 1. The van der Waals surface area contributed by atoms with E-state index in [1.807, 2.05) is 5.32 Å². The zero-order valence-corrected chi connectivity index (χ0v) is 17.0. The van der Waals surface area contributed by atoms with E-state index in [4.69, 9.17) is 4.74 Å². The van der Waals surface area contributed by atoms with Crippen LogP contribution < -0.4 is 15.4 Å². The number of hydrogen-bond acceptors (Lipinski definition) is 6. The number of benzene rings is 2. The summed E-state index contributed by atoms with van der Waals surface area (Å²) in [7, 11) is 1.25. The van der Waals surface area contributed by atoms with Crippen LogP contribution >= 0.6 is 0 Å². The second kappa shape index (κ2) is 9.50. The lowest BCUT2D eigenvalue weighted by atomic mass is 10.1. The summed E-state index contributed by atoms with van der Waals surface area (Å²) in [6.07, 6.45) is -5.30. The van der Waals surface area contributed by atoms with E-state index in [0.717, 1.165) is 0 Å². The van der Waals surface area contributed by atoms with E-state index in [0.29, 0.717) is 0 Å². The summed E-state index contributed by atoms with van der Waals surface area (Å²) >= 11 is 0. The third-order valence-corrected chi connectivity index (χ3v) is 4.28. The Morgan fingerprint density at radius 2 is 1.61 bits per heavy atom. The molecule has 0 unspecified atom stereocenters. The normalized spacial score (nSPS) is 13.0. The number of carbonyl (C=O) groups excluding carboxylic acids is 3. The van der Waals surface area contributed by atoms with Crippen LogP contribution in [0.5, 0.6) is 5.75 Å². The van der Waals surface area contributed by atoms with E-state index in [1.54, 1.807) is 5.32 Å². The fourth-order valence-electron chi connectivity index (χ4n) is 2.70. The molecule has 0 saturated heterocycles. The van der Waals surface area contributed by atoms with E-state index in [9.17, 15) is 27.6 Å². The number of ketones is 1. The molecule has 0 aliphatic carbocycles. The SMILES string of the molecule is CCOC(=O)[C@@](NC(=O)c1ccccc1OC)(Nc1ccc(C(C)=O)cc1)C(F)(F)F. The van der Waals surface area contributed by atoms with Crippen LogP contribution in [-0.2, 0) is 9.53 Å². The first kappa shape index (κ1) is 23.7. The van der Waals surface area contributed by atoms with Crippen molar-refractivity contribution in [1.29, 1.82) is 0 Å². The van der Waals surface area contributed by atoms with Gasteiger partial charge in [-0.3, -0.25) is 9.59 Å². The van der Waals surface area contributed by atoms with Crippen LogP contribution in [0.15, 0.2) is 48.5 Å². The average Bonchev–Trinajstić information content (AvgIpc) is 2.72. The first-order chi connectivity index (χ1) is 14.6. The van der Waals surface area contributed by atoms with Crippen molar-refractivity contribution in [3.8, 4) is 5.75 Å². The topological polar surface area (TPSA) is 93.7 Å². The van der Waals surface area contributed by atoms with Gasteiger partial charge in [-0.1, -0.05) is 12.1 Å². The van der Waals surface area contributed by atoms with Crippen LogP contribution in [0.2, 0.25) is 0 Å². The summed E-state index contributed by atoms with van der Waals surface area (Å²) in [6.45, 7) is 2.28. The second-order valence-corrected chi connectivity index (χ2v) is 6.38. The maximum atomic E-state index is 14.2. The number of alkyl halides is 3. The molecule has 2 aromatic carbocycles. The van der Waals surface area contributed by atoms with Gasteiger partial charge in [-0.2, -0.15) is 13.2 Å². The fraction of sp³-hybridized carbons (Fsp3) is 0.286. The second-order valence-electron chi connectivity index (χ2n) is 6.38. The van der Waals surface area contributed by atoms with Crippen molar-refractivity contribution in [2.24, 2.45) is 0 Å². The van der Waals surface area contributed by atoms with E-state index in [-0.39, 0.29) is 35.0 Å². The number of para-hydroxylation sites is 1. The summed E-state index contributed by atoms with van der Waals surface area (Å²) in [6, 6.07) is 10.6. The Bertz CT molecular complexity index is 960. The van der Waals surface area contributed by atoms with Gasteiger partial charge in [0.1, 0.15) is 5.75 Å². The number of methoxy groups -OCH3 is 1. The molecule has 0 heterocycles. The van der Waals surface area contributed by atoms with Crippen molar-refractivity contribution in [3.05, 3.63) is 59.7 Å². The zero-order valence-electron chi connectivity index (χ0n) is 17.0. The Morgan fingerprint density at radius 1 is 1.00 bits per heavy atom. The van der Waals surface area contributed by atoms with Gasteiger partial charge < -0.3 is 20.1 Å². The number of hydrogen-bond donors (Lipinski definition) is 2. The first-order valence-electron chi connectivity index (χ1n) is 9.14. The molecule has 1 atom stereocenters. The maximum Gasteiger partial charge on any atom is 0.441 e. The molecule has 0 aromatic heterocycles. The van der Waals surface area contributed by atoms with Crippen molar-refractivity contribution >= 4 is 23.3 Å². The molecule has 0 fully saturated rings. The van der Waals surface area contributed by atoms with Crippen LogP contribution in [0.25, 0.3) is 0 Å². The first-order valence-corrected chi connectivity index (χ1v) is 9.14. The quantitative estimate of drug-likeness (QED) is 0.372. The minimum absolute atomic E-state index is 0.0192. The van der Waals surface area contributed by atoms with Crippen LogP contribution in [0.4, 0.5) is 18.9 Å². The zero-order chi connectivity index (χ0) is 23.2. The number of halogens is 3. The van der Waals surface area contributed by atoms with Crippen molar-refractivity contribution < 1.29 is 37.0 Å². The van der Waals surface area contributed by atoms with Crippen molar-refractivity contribution in [1.82, 2.24) is 5.32 Å². The molecule has 2 rings (SSSR count). The Kier molecular flexibility index (Phi) is 7.27. The van der Waals surface area contributed by atoms with Gasteiger partial charge in [0.25, 0.3) is 5.91 Å². The van der Waals surface area contributed by atoms with Gasteiger partial charge in [0.05, 0.1) is 19.3 Å².